The molecule has 0 bridgehead atoms. The molecule has 0 aliphatic heterocycles. The highest BCUT2D eigenvalue weighted by Crippen LogP contribution is 2.25. The maximum absolute atomic E-state index is 13.2. The molecule has 0 atom stereocenters. The van der Waals surface area contributed by atoms with Crippen LogP contribution >= 0.6 is 11.8 Å². The molecular weight excluding hydrogens is 265 g/mol. The van der Waals surface area contributed by atoms with Crippen LogP contribution in [0.4, 0.5) is 4.39 Å². The fourth-order valence-electron chi connectivity index (χ4n) is 1.65. The Labute approximate surface area is 113 Å². The van der Waals surface area contributed by atoms with E-state index in [2.05, 4.69) is 10.2 Å². The lowest BCUT2D eigenvalue weighted by Crippen LogP contribution is -2.11. The molecular formula is C13H12FN3OS. The minimum Gasteiger partial charge on any atom is -0.365 e. The molecule has 0 spiro atoms. The van der Waals surface area contributed by atoms with Gasteiger partial charge in [-0.05, 0) is 24.5 Å². The molecule has 2 aromatic rings. The van der Waals surface area contributed by atoms with Gasteiger partial charge in [0.2, 0.25) is 0 Å². The SMILES string of the molecule is CS/C(=C\c1cn[nH]c1-c1cccc(F)c1)C(N)=O. The maximum Gasteiger partial charge on any atom is 0.255 e. The number of nitrogens with one attached hydrogen (secondary N) is 1. The van der Waals surface area contributed by atoms with Crippen molar-refractivity contribution in [2.24, 2.45) is 5.73 Å². The largest absolute Gasteiger partial charge is 0.365 e. The number of hydrogen-bond donors (Lipinski definition) is 2. The number of rotatable bonds is 4. The van der Waals surface area contributed by atoms with Gasteiger partial charge in [-0.3, -0.25) is 9.89 Å². The highest BCUT2D eigenvalue weighted by atomic mass is 32.2. The van der Waals surface area contributed by atoms with Crippen LogP contribution in [0.15, 0.2) is 35.4 Å². The Balaban J connectivity index is 2.46. The molecule has 1 heterocycles. The third kappa shape index (κ3) is 3.03. The summed E-state index contributed by atoms with van der Waals surface area (Å²) in [5, 5.41) is 6.72. The van der Waals surface area contributed by atoms with Crippen LogP contribution in [0, 0.1) is 5.82 Å². The second-order valence-corrected chi connectivity index (χ2v) is 4.64. The van der Waals surface area contributed by atoms with Crippen molar-refractivity contribution in [3.63, 3.8) is 0 Å². The van der Waals surface area contributed by atoms with Gasteiger partial charge in [-0.25, -0.2) is 4.39 Å². The number of hydrogen-bond acceptors (Lipinski definition) is 3. The number of carbonyl (C=O) groups is 1. The van der Waals surface area contributed by atoms with E-state index >= 15 is 0 Å². The number of carbonyl (C=O) groups excluding carboxylic acids is 1. The summed E-state index contributed by atoms with van der Waals surface area (Å²) in [5.74, 6) is -0.832. The van der Waals surface area contributed by atoms with Gasteiger partial charge in [0.25, 0.3) is 5.91 Å². The highest BCUT2D eigenvalue weighted by Gasteiger charge is 2.10. The Morgan fingerprint density at radius 2 is 2.32 bits per heavy atom. The summed E-state index contributed by atoms with van der Waals surface area (Å²) in [5.41, 5.74) is 7.25. The molecule has 6 heteroatoms. The number of amides is 1. The topological polar surface area (TPSA) is 71.8 Å². The van der Waals surface area contributed by atoms with Gasteiger partial charge >= 0.3 is 0 Å². The summed E-state index contributed by atoms with van der Waals surface area (Å²) >= 11 is 1.25. The molecule has 2 rings (SSSR count). The normalized spacial score (nSPS) is 11.6. The number of nitrogens with zero attached hydrogens (tertiary/aromatic N) is 1. The van der Waals surface area contributed by atoms with Crippen LogP contribution in [-0.4, -0.2) is 22.4 Å². The number of aromatic amines is 1. The second-order valence-electron chi connectivity index (χ2n) is 3.79. The van der Waals surface area contributed by atoms with Crippen molar-refractivity contribution >= 4 is 23.7 Å². The predicted octanol–water partition coefficient (Wildman–Crippen LogP) is 2.40. The lowest BCUT2D eigenvalue weighted by Gasteiger charge is -2.02. The lowest BCUT2D eigenvalue weighted by atomic mass is 10.1. The number of primary amides is 1. The van der Waals surface area contributed by atoms with E-state index in [1.807, 2.05) is 0 Å². The van der Waals surface area contributed by atoms with Crippen LogP contribution in [-0.2, 0) is 4.79 Å². The number of nitrogens with two attached hydrogens (primary N) is 1. The smallest absolute Gasteiger partial charge is 0.255 e. The van der Waals surface area contributed by atoms with Gasteiger partial charge in [-0.15, -0.1) is 11.8 Å². The number of H-pyrrole nitrogens is 1. The van der Waals surface area contributed by atoms with Crippen molar-refractivity contribution in [2.75, 3.05) is 6.26 Å². The first-order valence-electron chi connectivity index (χ1n) is 5.46. The second kappa shape index (κ2) is 5.71. The third-order valence-corrected chi connectivity index (χ3v) is 3.29. The van der Waals surface area contributed by atoms with E-state index in [1.54, 1.807) is 30.7 Å². The molecule has 0 saturated carbocycles. The Morgan fingerprint density at radius 3 is 2.95 bits per heavy atom. The molecule has 1 aromatic heterocycles. The molecule has 19 heavy (non-hydrogen) atoms. The van der Waals surface area contributed by atoms with Crippen molar-refractivity contribution in [3.8, 4) is 11.3 Å². The van der Waals surface area contributed by atoms with Crippen molar-refractivity contribution < 1.29 is 9.18 Å². The molecule has 0 saturated heterocycles. The number of thioether (sulfide) groups is 1. The summed E-state index contributed by atoms with van der Waals surface area (Å²) in [7, 11) is 0. The minimum atomic E-state index is -0.501. The van der Waals surface area contributed by atoms with Gasteiger partial charge in [-0.1, -0.05) is 12.1 Å². The summed E-state index contributed by atoms with van der Waals surface area (Å²) in [4.78, 5) is 11.6. The van der Waals surface area contributed by atoms with Crippen LogP contribution in [0.3, 0.4) is 0 Å². The van der Waals surface area contributed by atoms with E-state index in [0.29, 0.717) is 21.7 Å². The lowest BCUT2D eigenvalue weighted by molar-refractivity contribution is -0.113. The van der Waals surface area contributed by atoms with Crippen molar-refractivity contribution in [1.29, 1.82) is 0 Å². The van der Waals surface area contributed by atoms with E-state index in [-0.39, 0.29) is 5.82 Å². The molecule has 0 unspecified atom stereocenters. The van der Waals surface area contributed by atoms with E-state index in [4.69, 9.17) is 5.73 Å². The Morgan fingerprint density at radius 1 is 1.53 bits per heavy atom. The quantitative estimate of drug-likeness (QED) is 0.843. The zero-order chi connectivity index (χ0) is 13.8. The first-order valence-corrected chi connectivity index (χ1v) is 6.69. The van der Waals surface area contributed by atoms with E-state index in [0.717, 1.165) is 0 Å². The van der Waals surface area contributed by atoms with Crippen molar-refractivity contribution in [1.82, 2.24) is 10.2 Å². The zero-order valence-corrected chi connectivity index (χ0v) is 11.0. The van der Waals surface area contributed by atoms with Gasteiger partial charge in [-0.2, -0.15) is 5.10 Å². The van der Waals surface area contributed by atoms with Crippen LogP contribution < -0.4 is 5.73 Å². The molecule has 4 nitrogen and oxygen atoms in total. The molecule has 1 aromatic carbocycles. The van der Waals surface area contributed by atoms with Crippen LogP contribution in [0.5, 0.6) is 0 Å². The summed E-state index contributed by atoms with van der Waals surface area (Å²) in [6, 6.07) is 6.14. The Bertz CT molecular complexity index is 636. The average Bonchev–Trinajstić information content (AvgIpc) is 2.83. The molecule has 3 N–H and O–H groups in total. The summed E-state index contributed by atoms with van der Waals surface area (Å²) < 4.78 is 13.2. The maximum atomic E-state index is 13.2. The molecule has 0 radical (unpaired) electrons. The molecule has 1 amide bonds. The predicted molar refractivity (Wildman–Crippen MR) is 74.7 cm³/mol. The Kier molecular flexibility index (Phi) is 4.01. The zero-order valence-electron chi connectivity index (χ0n) is 10.2. The van der Waals surface area contributed by atoms with Gasteiger partial charge in [0.05, 0.1) is 16.8 Å². The van der Waals surface area contributed by atoms with Gasteiger partial charge in [0.15, 0.2) is 0 Å². The first kappa shape index (κ1) is 13.4. The third-order valence-electron chi connectivity index (χ3n) is 2.53. The van der Waals surface area contributed by atoms with Gasteiger partial charge in [0.1, 0.15) is 5.82 Å². The number of benzene rings is 1. The number of halogens is 1. The number of aromatic nitrogens is 2. The van der Waals surface area contributed by atoms with Crippen molar-refractivity contribution in [3.05, 3.63) is 46.7 Å². The van der Waals surface area contributed by atoms with E-state index in [1.165, 1.54) is 23.9 Å². The molecule has 0 aliphatic rings. The highest BCUT2D eigenvalue weighted by molar-refractivity contribution is 8.03. The first-order chi connectivity index (χ1) is 9.11. The molecule has 0 fully saturated rings. The molecule has 98 valence electrons. The van der Waals surface area contributed by atoms with Gasteiger partial charge < -0.3 is 5.73 Å². The van der Waals surface area contributed by atoms with E-state index < -0.39 is 5.91 Å². The standard InChI is InChI=1S/C13H12FN3OS/c1-19-11(13(15)18)6-9-7-16-17-12(9)8-3-2-4-10(14)5-8/h2-7H,1H3,(H2,15,18)(H,16,17)/b11-6-. The minimum absolute atomic E-state index is 0.331. The fraction of sp³-hybridized carbons (Fsp3) is 0.0769. The molecule has 0 aliphatic carbocycles. The summed E-state index contributed by atoms with van der Waals surface area (Å²) in [6.07, 6.45) is 4.97. The monoisotopic (exact) mass is 277 g/mol. The van der Waals surface area contributed by atoms with Crippen LogP contribution in [0.25, 0.3) is 17.3 Å². The van der Waals surface area contributed by atoms with Crippen LogP contribution in [0.1, 0.15) is 5.56 Å². The van der Waals surface area contributed by atoms with Crippen molar-refractivity contribution in [2.45, 2.75) is 0 Å². The summed E-state index contributed by atoms with van der Waals surface area (Å²) in [6.45, 7) is 0. The Hall–Kier alpha value is -2.08. The van der Waals surface area contributed by atoms with E-state index in [9.17, 15) is 9.18 Å². The average molecular weight is 277 g/mol. The fourth-order valence-corrected chi connectivity index (χ4v) is 2.10. The van der Waals surface area contributed by atoms with Gasteiger partial charge in [0, 0.05) is 11.1 Å². The van der Waals surface area contributed by atoms with Crippen LogP contribution in [0.2, 0.25) is 0 Å².